The van der Waals surface area contributed by atoms with Crippen LogP contribution in [-0.4, -0.2) is 195 Å². The molecular weight excluding hydrogens is 1180 g/mol. The monoisotopic (exact) mass is 1310 g/mol. The van der Waals surface area contributed by atoms with E-state index in [1.807, 2.05) is 38.2 Å². The van der Waals surface area contributed by atoms with Crippen molar-refractivity contribution in [2.75, 3.05) is 172 Å². The zero-order valence-corrected chi connectivity index (χ0v) is 58.9. The van der Waals surface area contributed by atoms with Crippen molar-refractivity contribution in [3.8, 4) is 0 Å². The summed E-state index contributed by atoms with van der Waals surface area (Å²) in [6.45, 7) is 33.6. The Balaban J connectivity index is 1.23. The fraction of sp³-hybridized carbons (Fsp3) is 0.676. The molecule has 2 aliphatic carbocycles. The first-order chi connectivity index (χ1) is 44.9. The number of ether oxygens (including phenoxy) is 11. The molecule has 93 heavy (non-hydrogen) atoms. The van der Waals surface area contributed by atoms with Gasteiger partial charge < -0.3 is 73.4 Å². The van der Waals surface area contributed by atoms with E-state index < -0.39 is 0 Å². The molecule has 0 radical (unpaired) electrons. The summed E-state index contributed by atoms with van der Waals surface area (Å²) in [6.07, 6.45) is 34.8. The topological polar surface area (TPSA) is 218 Å². The molecule has 0 saturated carbocycles. The number of hydrogen-bond donors (Lipinski definition) is 4. The lowest BCUT2D eigenvalue weighted by Gasteiger charge is -2.33. The maximum absolute atomic E-state index is 12.3. The second-order valence-corrected chi connectivity index (χ2v) is 24.8. The largest absolute Gasteiger partial charge is 0.379 e. The van der Waals surface area contributed by atoms with Gasteiger partial charge in [0, 0.05) is 77.6 Å². The lowest BCUT2D eigenvalue weighted by Crippen LogP contribution is -2.26. The summed E-state index contributed by atoms with van der Waals surface area (Å²) in [5.41, 5.74) is 10.4. The Labute approximate surface area is 560 Å². The van der Waals surface area contributed by atoms with Crippen LogP contribution in [0.15, 0.2) is 117 Å². The van der Waals surface area contributed by atoms with E-state index in [4.69, 9.17) is 52.1 Å². The first-order valence-corrected chi connectivity index (χ1v) is 34.2. The van der Waals surface area contributed by atoms with Crippen molar-refractivity contribution in [3.05, 3.63) is 117 Å². The summed E-state index contributed by atoms with van der Waals surface area (Å²) < 4.78 is 61.1. The van der Waals surface area contributed by atoms with Crippen molar-refractivity contribution >= 4 is 23.6 Å². The van der Waals surface area contributed by atoms with E-state index in [2.05, 4.69) is 113 Å². The van der Waals surface area contributed by atoms with Crippen LogP contribution in [0, 0.1) is 10.8 Å². The lowest BCUT2D eigenvalue weighted by molar-refractivity contribution is -0.123. The second-order valence-electron chi connectivity index (χ2n) is 24.8. The van der Waals surface area contributed by atoms with Gasteiger partial charge in [0.1, 0.15) is 0 Å². The predicted molar refractivity (Wildman–Crippen MR) is 371 cm³/mol. The van der Waals surface area contributed by atoms with Gasteiger partial charge in [0.25, 0.3) is 0 Å². The quantitative estimate of drug-likeness (QED) is 0.0253. The van der Waals surface area contributed by atoms with Gasteiger partial charge in [-0.2, -0.15) is 0 Å². The average Bonchev–Trinajstić information content (AvgIpc) is 0.950. The Hall–Kier alpha value is -5.16. The fourth-order valence-corrected chi connectivity index (χ4v) is 10.0. The highest BCUT2D eigenvalue weighted by molar-refractivity contribution is 5.89. The SMILES string of the molecule is CC1=C(/C=C/C(C)=C/C=C/C(C)=C/C(=O)NCCCOCCOCCOCCCNC(=O)CCOCCOCCOCCOCCOCCC(=O)NCCCOCCOCCOCCCNC(=O)/C=C(C)/C=C/C=C(C)/C=C/C2=C(C)CCCC2(C)C)C(C)(C)CCC1. The van der Waals surface area contributed by atoms with Crippen LogP contribution in [0.25, 0.3) is 0 Å². The van der Waals surface area contributed by atoms with E-state index in [9.17, 15) is 19.2 Å². The molecular formula is C74H122N4O15. The summed E-state index contributed by atoms with van der Waals surface area (Å²) in [4.78, 5) is 48.8. The van der Waals surface area contributed by atoms with Crippen LogP contribution >= 0.6 is 0 Å². The van der Waals surface area contributed by atoms with Gasteiger partial charge in [-0.3, -0.25) is 19.2 Å². The summed E-state index contributed by atoms with van der Waals surface area (Å²) in [7, 11) is 0. The zero-order valence-electron chi connectivity index (χ0n) is 58.9. The van der Waals surface area contributed by atoms with Crippen molar-refractivity contribution in [1.82, 2.24) is 21.3 Å². The average molecular weight is 1310 g/mol. The maximum Gasteiger partial charge on any atom is 0.244 e. The molecule has 0 unspecified atom stereocenters. The molecule has 0 aromatic rings. The zero-order chi connectivity index (χ0) is 67.9. The summed E-state index contributed by atoms with van der Waals surface area (Å²) in [6, 6.07) is 0. The van der Waals surface area contributed by atoms with Gasteiger partial charge >= 0.3 is 0 Å². The molecule has 19 nitrogen and oxygen atoms in total. The number of carbonyl (C=O) groups excluding carboxylic acids is 4. The third kappa shape index (κ3) is 47.4. The van der Waals surface area contributed by atoms with Gasteiger partial charge in [0.2, 0.25) is 23.6 Å². The molecule has 528 valence electrons. The van der Waals surface area contributed by atoms with Crippen LogP contribution < -0.4 is 21.3 Å². The van der Waals surface area contributed by atoms with Crippen molar-refractivity contribution in [2.45, 2.75) is 146 Å². The highest BCUT2D eigenvalue weighted by Gasteiger charge is 2.27. The third-order valence-electron chi connectivity index (χ3n) is 15.3. The van der Waals surface area contributed by atoms with Crippen molar-refractivity contribution in [1.29, 1.82) is 0 Å². The molecule has 2 rings (SSSR count). The van der Waals surface area contributed by atoms with Crippen LogP contribution in [0.2, 0.25) is 0 Å². The Bertz CT molecular complexity index is 2240. The Morgan fingerprint density at radius 1 is 0.366 bits per heavy atom. The molecule has 0 spiro atoms. The van der Waals surface area contributed by atoms with Crippen molar-refractivity contribution in [3.63, 3.8) is 0 Å². The first kappa shape index (κ1) is 83.9. The van der Waals surface area contributed by atoms with E-state index in [-0.39, 0.29) is 47.3 Å². The highest BCUT2D eigenvalue weighted by atomic mass is 16.6. The minimum absolute atomic E-state index is 0.0739. The molecule has 0 bridgehead atoms. The summed E-state index contributed by atoms with van der Waals surface area (Å²) >= 11 is 0. The minimum atomic E-state index is -0.118. The molecule has 4 N–H and O–H groups in total. The Kier molecular flexibility index (Phi) is 49.7. The molecule has 2 aliphatic rings. The molecule has 0 saturated heterocycles. The van der Waals surface area contributed by atoms with E-state index in [0.717, 1.165) is 11.1 Å². The van der Waals surface area contributed by atoms with E-state index in [1.54, 1.807) is 12.2 Å². The highest BCUT2D eigenvalue weighted by Crippen LogP contribution is 2.42. The number of hydrogen-bond acceptors (Lipinski definition) is 15. The molecule has 4 amide bonds. The Morgan fingerprint density at radius 2 is 0.634 bits per heavy atom. The van der Waals surface area contributed by atoms with Gasteiger partial charge in [-0.05, 0) is 139 Å². The van der Waals surface area contributed by atoms with E-state index in [1.165, 1.54) is 72.0 Å². The normalized spacial score (nSPS) is 15.8. The molecule has 0 aromatic carbocycles. The summed E-state index contributed by atoms with van der Waals surface area (Å²) in [5, 5.41) is 11.6. The number of carbonyl (C=O) groups is 4. The van der Waals surface area contributed by atoms with Crippen molar-refractivity contribution in [2.24, 2.45) is 10.8 Å². The van der Waals surface area contributed by atoms with Crippen LogP contribution in [-0.2, 0) is 71.3 Å². The van der Waals surface area contributed by atoms with Crippen LogP contribution in [0.4, 0.5) is 0 Å². The Morgan fingerprint density at radius 3 is 0.925 bits per heavy atom. The molecule has 0 heterocycles. The van der Waals surface area contributed by atoms with Crippen LogP contribution in [0.3, 0.4) is 0 Å². The predicted octanol–water partition coefficient (Wildman–Crippen LogP) is 11.0. The molecule has 19 heteroatoms. The molecule has 0 fully saturated rings. The van der Waals surface area contributed by atoms with E-state index >= 15 is 0 Å². The number of nitrogens with one attached hydrogen (secondary N) is 4. The van der Waals surface area contributed by atoms with Gasteiger partial charge in [0.15, 0.2) is 0 Å². The molecule has 0 atom stereocenters. The van der Waals surface area contributed by atoms with Gasteiger partial charge in [-0.25, -0.2) is 0 Å². The molecule has 0 aliphatic heterocycles. The van der Waals surface area contributed by atoms with Gasteiger partial charge in [0.05, 0.1) is 119 Å². The standard InChI is InChI=1S/C74H122N4O15/c1-61(25-27-67-65(5)23-13-31-73(67,7)8)19-11-21-63(3)59-71(81)77-35-17-39-85-45-51-89-49-43-83-37-15-33-75-69(79)29-41-87-47-53-91-55-57-93-58-56-92-54-48-88-42-30-70(80)76-34-16-38-84-44-50-90-52-46-86-40-18-36-78-72(82)60-64(4)22-12-20-62(2)26-28-68-66(6)24-14-32-74(68,9)10/h11-12,19-22,25-28,59-60H,13-18,23-24,29-58H2,1-10H3,(H,75,79)(H,76,80)(H,77,81)(H,78,82)/b21-11+,22-12+,27-25+,28-26+,61-19+,62-20+,63-59+,64-60+. The number of allylic oxidation sites excluding steroid dienone is 18. The molecule has 0 aromatic heterocycles. The number of rotatable bonds is 56. The fourth-order valence-electron chi connectivity index (χ4n) is 10.0. The first-order valence-electron chi connectivity index (χ1n) is 34.2. The van der Waals surface area contributed by atoms with Crippen LogP contribution in [0.1, 0.15) is 146 Å². The van der Waals surface area contributed by atoms with Crippen molar-refractivity contribution < 1.29 is 71.3 Å². The summed E-state index contributed by atoms with van der Waals surface area (Å²) in [5.74, 6) is -0.383. The smallest absolute Gasteiger partial charge is 0.244 e. The van der Waals surface area contributed by atoms with Crippen LogP contribution in [0.5, 0.6) is 0 Å². The van der Waals surface area contributed by atoms with Gasteiger partial charge in [-0.1, -0.05) is 111 Å². The minimum Gasteiger partial charge on any atom is -0.379 e. The second kappa shape index (κ2) is 55.0. The number of amides is 4. The van der Waals surface area contributed by atoms with E-state index in [0.29, 0.717) is 197 Å². The van der Waals surface area contributed by atoms with Gasteiger partial charge in [-0.15, -0.1) is 0 Å². The lowest BCUT2D eigenvalue weighted by atomic mass is 9.72. The third-order valence-corrected chi connectivity index (χ3v) is 15.3. The maximum atomic E-state index is 12.3.